The number of amides is 1. The third-order valence-corrected chi connectivity index (χ3v) is 4.35. The summed E-state index contributed by atoms with van der Waals surface area (Å²) in [5.41, 5.74) is -0.613. The second-order valence-corrected chi connectivity index (χ2v) is 5.93. The van der Waals surface area contributed by atoms with Crippen LogP contribution in [0.2, 0.25) is 0 Å². The molecule has 2 fully saturated rings. The maximum absolute atomic E-state index is 13.5. The van der Waals surface area contributed by atoms with Crippen molar-refractivity contribution in [3.8, 4) is 5.75 Å². The highest BCUT2D eigenvalue weighted by atomic mass is 19.1. The normalized spacial score (nSPS) is 23.4. The largest absolute Gasteiger partial charge is 0.484 e. The summed E-state index contributed by atoms with van der Waals surface area (Å²) < 4.78 is 18.8. The molecule has 7 nitrogen and oxygen atoms in total. The molecule has 2 saturated heterocycles. The van der Waals surface area contributed by atoms with Gasteiger partial charge in [-0.25, -0.2) is 0 Å². The van der Waals surface area contributed by atoms with Gasteiger partial charge in [-0.05, 0) is 25.3 Å². The van der Waals surface area contributed by atoms with E-state index in [1.807, 2.05) is 0 Å². The zero-order chi connectivity index (χ0) is 16.4. The number of nitro groups is 1. The molecule has 1 aromatic carbocycles. The minimum absolute atomic E-state index is 0.107. The lowest BCUT2D eigenvalue weighted by Crippen LogP contribution is -2.41. The first-order chi connectivity index (χ1) is 11.0. The van der Waals surface area contributed by atoms with E-state index in [1.54, 1.807) is 4.90 Å². The Balaban J connectivity index is 1.56. The van der Waals surface area contributed by atoms with Crippen LogP contribution in [0.1, 0.15) is 19.3 Å². The molecule has 0 saturated carbocycles. The van der Waals surface area contributed by atoms with Crippen LogP contribution in [0.25, 0.3) is 0 Å². The van der Waals surface area contributed by atoms with Crippen LogP contribution in [-0.4, -0.2) is 47.5 Å². The number of fused-ring (bicyclic) bond motifs is 2. The Bertz CT molecular complexity index is 625. The molecule has 2 aliphatic rings. The number of nitro benzene ring substituents is 1. The number of carbonyl (C=O) groups excluding carboxylic acids is 1. The van der Waals surface area contributed by atoms with Crippen molar-refractivity contribution in [3.63, 3.8) is 0 Å². The van der Waals surface area contributed by atoms with Crippen LogP contribution in [0.15, 0.2) is 18.2 Å². The first-order valence-corrected chi connectivity index (χ1v) is 7.63. The fourth-order valence-corrected chi connectivity index (χ4v) is 3.13. The van der Waals surface area contributed by atoms with Gasteiger partial charge in [-0.3, -0.25) is 14.9 Å². The Kier molecular flexibility index (Phi) is 4.42. The fraction of sp³-hybridized carbons (Fsp3) is 0.533. The van der Waals surface area contributed by atoms with Crippen molar-refractivity contribution in [1.29, 1.82) is 0 Å². The van der Waals surface area contributed by atoms with Gasteiger partial charge in [-0.2, -0.15) is 4.39 Å². The van der Waals surface area contributed by atoms with Crippen molar-refractivity contribution >= 4 is 11.6 Å². The van der Waals surface area contributed by atoms with E-state index in [2.05, 4.69) is 5.32 Å². The van der Waals surface area contributed by atoms with E-state index in [-0.39, 0.29) is 18.3 Å². The molecule has 1 aromatic rings. The lowest BCUT2D eigenvalue weighted by Gasteiger charge is -2.24. The van der Waals surface area contributed by atoms with Gasteiger partial charge in [0.15, 0.2) is 6.61 Å². The molecule has 8 heteroatoms. The molecule has 3 rings (SSSR count). The van der Waals surface area contributed by atoms with Crippen LogP contribution in [0.5, 0.6) is 5.75 Å². The zero-order valence-electron chi connectivity index (χ0n) is 12.5. The van der Waals surface area contributed by atoms with E-state index in [0.717, 1.165) is 31.4 Å². The van der Waals surface area contributed by atoms with Crippen molar-refractivity contribution < 1.29 is 18.8 Å². The third-order valence-electron chi connectivity index (χ3n) is 4.35. The van der Waals surface area contributed by atoms with E-state index in [0.29, 0.717) is 25.2 Å². The number of likely N-dealkylation sites (tertiary alicyclic amines) is 1. The van der Waals surface area contributed by atoms with Crippen molar-refractivity contribution in [2.45, 2.75) is 31.3 Å². The highest BCUT2D eigenvalue weighted by Crippen LogP contribution is 2.23. The summed E-state index contributed by atoms with van der Waals surface area (Å²) in [7, 11) is 0. The number of nitrogens with one attached hydrogen (secondary N) is 1. The quantitative estimate of drug-likeness (QED) is 0.670. The maximum atomic E-state index is 13.5. The van der Waals surface area contributed by atoms with Gasteiger partial charge in [0.25, 0.3) is 5.91 Å². The van der Waals surface area contributed by atoms with Crippen LogP contribution in [0, 0.1) is 15.9 Å². The summed E-state index contributed by atoms with van der Waals surface area (Å²) in [6, 6.07) is 4.08. The van der Waals surface area contributed by atoms with Crippen LogP contribution in [0.3, 0.4) is 0 Å². The highest BCUT2D eigenvalue weighted by Gasteiger charge is 2.31. The molecule has 1 N–H and O–H groups in total. The second kappa shape index (κ2) is 6.49. The average Bonchev–Trinajstić information content (AvgIpc) is 2.83. The van der Waals surface area contributed by atoms with Crippen molar-refractivity contribution in [3.05, 3.63) is 34.1 Å². The topological polar surface area (TPSA) is 84.7 Å². The molecule has 23 heavy (non-hydrogen) atoms. The third kappa shape index (κ3) is 3.58. The molecule has 2 unspecified atom stereocenters. The monoisotopic (exact) mass is 323 g/mol. The molecule has 0 spiro atoms. The molecule has 124 valence electrons. The van der Waals surface area contributed by atoms with Gasteiger partial charge < -0.3 is 15.0 Å². The summed E-state index contributed by atoms with van der Waals surface area (Å²) in [6.07, 6.45) is 3.16. The number of nitrogens with zero attached hydrogens (tertiary/aromatic N) is 2. The molecule has 1 amide bonds. The van der Waals surface area contributed by atoms with Crippen molar-refractivity contribution in [2.24, 2.45) is 0 Å². The van der Waals surface area contributed by atoms with E-state index < -0.39 is 16.4 Å². The van der Waals surface area contributed by atoms with Gasteiger partial charge in [0.1, 0.15) is 5.75 Å². The summed E-state index contributed by atoms with van der Waals surface area (Å²) in [4.78, 5) is 23.8. The average molecular weight is 323 g/mol. The SMILES string of the molecule is O=C(COc1ccc([N+](=O)[O-])c(F)c1)N1CCC2CCC(C1)N2. The minimum atomic E-state index is -0.976. The molecular formula is C15H18FN3O4. The molecule has 0 aromatic heterocycles. The van der Waals surface area contributed by atoms with Crippen molar-refractivity contribution in [2.75, 3.05) is 19.7 Å². The lowest BCUT2D eigenvalue weighted by molar-refractivity contribution is -0.387. The second-order valence-electron chi connectivity index (χ2n) is 5.93. The zero-order valence-corrected chi connectivity index (χ0v) is 12.5. The first-order valence-electron chi connectivity index (χ1n) is 7.63. The molecule has 2 heterocycles. The number of carbonyl (C=O) groups is 1. The molecule has 0 radical (unpaired) electrons. The van der Waals surface area contributed by atoms with Gasteiger partial charge >= 0.3 is 5.69 Å². The van der Waals surface area contributed by atoms with E-state index >= 15 is 0 Å². The van der Waals surface area contributed by atoms with E-state index in [1.165, 1.54) is 6.07 Å². The molecular weight excluding hydrogens is 305 g/mol. The number of halogens is 1. The molecule has 0 aliphatic carbocycles. The van der Waals surface area contributed by atoms with E-state index in [9.17, 15) is 19.3 Å². The number of hydrogen-bond donors (Lipinski definition) is 1. The van der Waals surface area contributed by atoms with Crippen LogP contribution < -0.4 is 10.1 Å². The van der Waals surface area contributed by atoms with Gasteiger partial charge in [0, 0.05) is 37.3 Å². The summed E-state index contributed by atoms with van der Waals surface area (Å²) in [6.45, 7) is 1.15. The number of rotatable bonds is 4. The van der Waals surface area contributed by atoms with Gasteiger partial charge in [-0.1, -0.05) is 0 Å². The molecule has 2 aliphatic heterocycles. The van der Waals surface area contributed by atoms with Crippen LogP contribution in [0.4, 0.5) is 10.1 Å². The van der Waals surface area contributed by atoms with Crippen LogP contribution >= 0.6 is 0 Å². The first kappa shape index (κ1) is 15.7. The molecule has 2 atom stereocenters. The van der Waals surface area contributed by atoms with Gasteiger partial charge in [-0.15, -0.1) is 0 Å². The molecule has 2 bridgehead atoms. The standard InChI is InChI=1S/C15H18FN3O4/c16-13-7-12(3-4-14(13)19(21)22)23-9-15(20)18-6-5-10-1-2-11(8-18)17-10/h3-4,7,10-11,17H,1-2,5-6,8-9H2. The van der Waals surface area contributed by atoms with Gasteiger partial charge in [0.05, 0.1) is 4.92 Å². The summed E-state index contributed by atoms with van der Waals surface area (Å²) >= 11 is 0. The number of hydrogen-bond acceptors (Lipinski definition) is 5. The summed E-state index contributed by atoms with van der Waals surface area (Å²) in [5.74, 6) is -1.02. The minimum Gasteiger partial charge on any atom is -0.484 e. The Labute approximate surface area is 132 Å². The predicted octanol–water partition coefficient (Wildman–Crippen LogP) is 1.47. The van der Waals surface area contributed by atoms with Gasteiger partial charge in [0.2, 0.25) is 5.82 Å². The Hall–Kier alpha value is -2.22. The highest BCUT2D eigenvalue weighted by molar-refractivity contribution is 5.77. The fourth-order valence-electron chi connectivity index (χ4n) is 3.13. The number of ether oxygens (including phenoxy) is 1. The lowest BCUT2D eigenvalue weighted by atomic mass is 10.1. The smallest absolute Gasteiger partial charge is 0.305 e. The Morgan fingerprint density at radius 3 is 2.91 bits per heavy atom. The van der Waals surface area contributed by atoms with Crippen molar-refractivity contribution in [1.82, 2.24) is 10.2 Å². The maximum Gasteiger partial charge on any atom is 0.305 e. The number of benzene rings is 1. The van der Waals surface area contributed by atoms with Crippen LogP contribution in [-0.2, 0) is 4.79 Å². The summed E-state index contributed by atoms with van der Waals surface area (Å²) in [5, 5.41) is 14.0. The Morgan fingerprint density at radius 2 is 2.17 bits per heavy atom. The Morgan fingerprint density at radius 1 is 1.39 bits per heavy atom. The van der Waals surface area contributed by atoms with E-state index in [4.69, 9.17) is 4.74 Å². The predicted molar refractivity (Wildman–Crippen MR) is 79.7 cm³/mol.